The molecule has 0 aliphatic rings. The fourth-order valence-corrected chi connectivity index (χ4v) is 2.50. The number of hydrogen-bond donors (Lipinski definition) is 2. The van der Waals surface area contributed by atoms with Gasteiger partial charge in [-0.25, -0.2) is 9.97 Å². The molecular formula is C12H10ClN5S. The number of fused-ring (bicyclic) bond motifs is 1. The van der Waals surface area contributed by atoms with Crippen LogP contribution in [0.15, 0.2) is 29.9 Å². The van der Waals surface area contributed by atoms with Crippen molar-refractivity contribution in [2.45, 2.75) is 0 Å². The lowest BCUT2D eigenvalue weighted by Crippen LogP contribution is -2.00. The third-order valence-electron chi connectivity index (χ3n) is 2.56. The molecule has 0 spiro atoms. The highest BCUT2D eigenvalue weighted by molar-refractivity contribution is 7.16. The van der Waals surface area contributed by atoms with Gasteiger partial charge >= 0.3 is 0 Å². The third-order valence-corrected chi connectivity index (χ3v) is 3.63. The van der Waals surface area contributed by atoms with Gasteiger partial charge in [-0.3, -0.25) is 0 Å². The summed E-state index contributed by atoms with van der Waals surface area (Å²) < 4.78 is 1.11. The summed E-state index contributed by atoms with van der Waals surface area (Å²) in [6.07, 6.45) is 1.56. The Kier molecular flexibility index (Phi) is 3.18. The summed E-state index contributed by atoms with van der Waals surface area (Å²) in [5.41, 5.74) is 3.73. The van der Waals surface area contributed by atoms with E-state index in [1.54, 1.807) is 24.6 Å². The molecule has 0 bridgehead atoms. The van der Waals surface area contributed by atoms with Crippen molar-refractivity contribution in [1.82, 2.24) is 15.0 Å². The van der Waals surface area contributed by atoms with E-state index in [2.05, 4.69) is 25.6 Å². The molecule has 0 saturated heterocycles. The maximum absolute atomic E-state index is 6.08. The van der Waals surface area contributed by atoms with Crippen molar-refractivity contribution in [2.75, 3.05) is 17.7 Å². The molecule has 0 amide bonds. The largest absolute Gasteiger partial charge is 0.357 e. The average molecular weight is 292 g/mol. The van der Waals surface area contributed by atoms with Crippen molar-refractivity contribution < 1.29 is 0 Å². The van der Waals surface area contributed by atoms with Crippen LogP contribution in [0.3, 0.4) is 0 Å². The van der Waals surface area contributed by atoms with Gasteiger partial charge in [0.1, 0.15) is 5.02 Å². The molecule has 0 saturated carbocycles. The van der Waals surface area contributed by atoms with Crippen LogP contribution >= 0.6 is 22.9 Å². The number of aromatic nitrogens is 3. The van der Waals surface area contributed by atoms with E-state index in [1.165, 1.54) is 0 Å². The van der Waals surface area contributed by atoms with E-state index in [0.717, 1.165) is 15.9 Å². The molecule has 0 unspecified atom stereocenters. The molecule has 0 aliphatic heterocycles. The van der Waals surface area contributed by atoms with E-state index in [1.807, 2.05) is 23.7 Å². The maximum atomic E-state index is 6.08. The Morgan fingerprint density at radius 2 is 2.16 bits per heavy atom. The third kappa shape index (κ3) is 2.45. The van der Waals surface area contributed by atoms with E-state index in [9.17, 15) is 0 Å². The van der Waals surface area contributed by atoms with Crippen molar-refractivity contribution in [1.29, 1.82) is 0 Å². The lowest BCUT2D eigenvalue weighted by molar-refractivity contribution is 1.15. The summed E-state index contributed by atoms with van der Waals surface area (Å²) in [5.74, 6) is 1.09. The first-order valence-electron chi connectivity index (χ1n) is 5.57. The van der Waals surface area contributed by atoms with Crippen LogP contribution in [0.4, 0.5) is 17.5 Å². The zero-order valence-electron chi connectivity index (χ0n) is 10.0. The molecule has 1 aromatic carbocycles. The van der Waals surface area contributed by atoms with Gasteiger partial charge in [-0.1, -0.05) is 11.6 Å². The predicted molar refractivity (Wildman–Crippen MR) is 79.5 cm³/mol. The molecule has 0 fully saturated rings. The molecule has 19 heavy (non-hydrogen) atoms. The molecule has 7 heteroatoms. The minimum atomic E-state index is 0.475. The van der Waals surface area contributed by atoms with Crippen molar-refractivity contribution in [3.63, 3.8) is 0 Å². The zero-order valence-corrected chi connectivity index (χ0v) is 11.6. The van der Waals surface area contributed by atoms with E-state index >= 15 is 0 Å². The molecule has 0 radical (unpaired) electrons. The minimum Gasteiger partial charge on any atom is -0.357 e. The molecule has 2 heterocycles. The number of nitrogens with one attached hydrogen (secondary N) is 2. The van der Waals surface area contributed by atoms with E-state index in [4.69, 9.17) is 11.6 Å². The van der Waals surface area contributed by atoms with Crippen LogP contribution in [-0.2, 0) is 0 Å². The molecule has 2 aromatic heterocycles. The zero-order chi connectivity index (χ0) is 13.2. The van der Waals surface area contributed by atoms with Gasteiger partial charge in [-0.05, 0) is 18.2 Å². The van der Waals surface area contributed by atoms with Crippen LogP contribution in [0.25, 0.3) is 10.2 Å². The number of benzene rings is 1. The molecule has 3 rings (SSSR count). The standard InChI is InChI=1S/C12H10ClN5S/c1-14-12-15-5-8(13)11(18-12)17-7-2-3-9-10(4-7)19-6-16-9/h2-6H,1H3,(H2,14,15,17,18). The fourth-order valence-electron chi connectivity index (χ4n) is 1.64. The number of hydrogen-bond acceptors (Lipinski definition) is 6. The van der Waals surface area contributed by atoms with Gasteiger partial charge in [0.15, 0.2) is 5.82 Å². The topological polar surface area (TPSA) is 62.7 Å². The first-order valence-corrected chi connectivity index (χ1v) is 6.82. The van der Waals surface area contributed by atoms with E-state index in [-0.39, 0.29) is 0 Å². The molecule has 2 N–H and O–H groups in total. The average Bonchev–Trinajstić information content (AvgIpc) is 2.89. The highest BCUT2D eigenvalue weighted by Gasteiger charge is 2.06. The van der Waals surface area contributed by atoms with Crippen LogP contribution in [0.1, 0.15) is 0 Å². The number of halogens is 1. The van der Waals surface area contributed by atoms with Gasteiger partial charge in [-0.2, -0.15) is 4.98 Å². The van der Waals surface area contributed by atoms with Crippen molar-refractivity contribution >= 4 is 50.6 Å². The second-order valence-electron chi connectivity index (χ2n) is 3.80. The molecular weight excluding hydrogens is 282 g/mol. The van der Waals surface area contributed by atoms with Gasteiger partial charge in [0.25, 0.3) is 0 Å². The highest BCUT2D eigenvalue weighted by atomic mass is 35.5. The Morgan fingerprint density at radius 3 is 3.00 bits per heavy atom. The molecule has 96 valence electrons. The summed E-state index contributed by atoms with van der Waals surface area (Å²) in [6.45, 7) is 0. The van der Waals surface area contributed by atoms with Crippen LogP contribution in [-0.4, -0.2) is 22.0 Å². The summed E-state index contributed by atoms with van der Waals surface area (Å²) in [5, 5.41) is 6.54. The van der Waals surface area contributed by atoms with Gasteiger partial charge < -0.3 is 10.6 Å². The van der Waals surface area contributed by atoms with Crippen molar-refractivity contribution in [3.8, 4) is 0 Å². The van der Waals surface area contributed by atoms with Crippen molar-refractivity contribution in [3.05, 3.63) is 34.9 Å². The van der Waals surface area contributed by atoms with Crippen LogP contribution < -0.4 is 10.6 Å². The van der Waals surface area contributed by atoms with Crippen molar-refractivity contribution in [2.24, 2.45) is 0 Å². The lowest BCUT2D eigenvalue weighted by atomic mass is 10.3. The number of rotatable bonds is 3. The van der Waals surface area contributed by atoms with Crippen LogP contribution in [0.5, 0.6) is 0 Å². The van der Waals surface area contributed by atoms with E-state index in [0.29, 0.717) is 16.8 Å². The SMILES string of the molecule is CNc1ncc(Cl)c(Nc2ccc3ncsc3c2)n1. The fraction of sp³-hybridized carbons (Fsp3) is 0.0833. The van der Waals surface area contributed by atoms with Crippen LogP contribution in [0.2, 0.25) is 5.02 Å². The Bertz CT molecular complexity index is 727. The number of nitrogens with zero attached hydrogens (tertiary/aromatic N) is 3. The first kappa shape index (κ1) is 12.1. The Hall–Kier alpha value is -1.92. The normalized spacial score (nSPS) is 10.6. The van der Waals surface area contributed by atoms with Gasteiger partial charge in [0, 0.05) is 12.7 Å². The van der Waals surface area contributed by atoms with Gasteiger partial charge in [-0.15, -0.1) is 11.3 Å². The minimum absolute atomic E-state index is 0.475. The molecule has 3 aromatic rings. The number of anilines is 3. The summed E-state index contributed by atoms with van der Waals surface area (Å²) in [4.78, 5) is 12.6. The quantitative estimate of drug-likeness (QED) is 0.773. The predicted octanol–water partition coefficient (Wildman–Crippen LogP) is 3.53. The second-order valence-corrected chi connectivity index (χ2v) is 5.09. The Morgan fingerprint density at radius 1 is 1.26 bits per heavy atom. The second kappa shape index (κ2) is 4.99. The van der Waals surface area contributed by atoms with Gasteiger partial charge in [0.2, 0.25) is 5.95 Å². The summed E-state index contributed by atoms with van der Waals surface area (Å²) >= 11 is 7.67. The molecule has 5 nitrogen and oxygen atoms in total. The molecule has 0 aliphatic carbocycles. The monoisotopic (exact) mass is 291 g/mol. The maximum Gasteiger partial charge on any atom is 0.224 e. The summed E-state index contributed by atoms with van der Waals surface area (Å²) in [7, 11) is 1.76. The van der Waals surface area contributed by atoms with Crippen LogP contribution in [0, 0.1) is 0 Å². The smallest absolute Gasteiger partial charge is 0.224 e. The Balaban J connectivity index is 1.95. The van der Waals surface area contributed by atoms with E-state index < -0.39 is 0 Å². The highest BCUT2D eigenvalue weighted by Crippen LogP contribution is 2.27. The Labute approximate surface area is 118 Å². The molecule has 0 atom stereocenters. The lowest BCUT2D eigenvalue weighted by Gasteiger charge is -2.08. The summed E-state index contributed by atoms with van der Waals surface area (Å²) in [6, 6.07) is 5.92. The first-order chi connectivity index (χ1) is 9.26. The van der Waals surface area contributed by atoms with Gasteiger partial charge in [0.05, 0.1) is 21.9 Å². The number of thiazole rings is 1.